The smallest absolute Gasteiger partial charge is 0.347 e. The molecule has 2 heterocycles. The Kier molecular flexibility index (Phi) is 2.79. The van der Waals surface area contributed by atoms with Gasteiger partial charge >= 0.3 is 5.63 Å². The second-order valence-electron chi connectivity index (χ2n) is 3.93. The molecule has 0 unspecified atom stereocenters. The molecule has 0 radical (unpaired) electrons. The van der Waals surface area contributed by atoms with Gasteiger partial charge in [-0.2, -0.15) is 0 Å². The van der Waals surface area contributed by atoms with Crippen LogP contribution >= 0.6 is 0 Å². The van der Waals surface area contributed by atoms with Crippen molar-refractivity contribution in [1.82, 2.24) is 5.16 Å². The van der Waals surface area contributed by atoms with Gasteiger partial charge in [-0.05, 0) is 19.1 Å². The van der Waals surface area contributed by atoms with E-state index < -0.39 is 5.63 Å². The van der Waals surface area contributed by atoms with Gasteiger partial charge in [0.2, 0.25) is 0 Å². The van der Waals surface area contributed by atoms with E-state index in [-0.39, 0.29) is 0 Å². The van der Waals surface area contributed by atoms with Gasteiger partial charge in [0.05, 0.1) is 12.8 Å². The Balaban J connectivity index is 2.25. The Hall–Kier alpha value is -2.56. The maximum absolute atomic E-state index is 12.0. The lowest BCUT2D eigenvalue weighted by atomic mass is 10.1. The molecule has 0 aliphatic carbocycles. The van der Waals surface area contributed by atoms with Gasteiger partial charge in [-0.25, -0.2) is 4.79 Å². The van der Waals surface area contributed by atoms with Crippen LogP contribution in [0.1, 0.15) is 6.92 Å². The predicted molar refractivity (Wildman–Crippen MR) is 69.2 cm³/mol. The van der Waals surface area contributed by atoms with Gasteiger partial charge in [-0.3, -0.25) is 0 Å². The van der Waals surface area contributed by atoms with Crippen LogP contribution in [0.4, 0.5) is 0 Å². The summed E-state index contributed by atoms with van der Waals surface area (Å²) in [7, 11) is 0. The first-order chi connectivity index (χ1) is 9.29. The van der Waals surface area contributed by atoms with E-state index in [1.54, 1.807) is 18.2 Å². The van der Waals surface area contributed by atoms with Gasteiger partial charge in [0.15, 0.2) is 17.1 Å². The van der Waals surface area contributed by atoms with Crippen LogP contribution in [0, 0.1) is 0 Å². The molecule has 0 saturated heterocycles. The summed E-state index contributed by atoms with van der Waals surface area (Å²) >= 11 is 0. The van der Waals surface area contributed by atoms with Gasteiger partial charge in [0.25, 0.3) is 0 Å². The molecule has 5 nitrogen and oxygen atoms in total. The molecule has 0 N–H and O–H groups in total. The van der Waals surface area contributed by atoms with Crippen molar-refractivity contribution >= 4 is 11.0 Å². The minimum Gasteiger partial charge on any atom is -0.490 e. The Morgan fingerprint density at radius 3 is 2.95 bits per heavy atom. The lowest BCUT2D eigenvalue weighted by molar-refractivity contribution is 0.337. The van der Waals surface area contributed by atoms with Crippen LogP contribution in [-0.2, 0) is 0 Å². The molecule has 0 bridgehead atoms. The summed E-state index contributed by atoms with van der Waals surface area (Å²) < 4.78 is 15.8. The average molecular weight is 257 g/mol. The van der Waals surface area contributed by atoms with Crippen LogP contribution in [0.15, 0.2) is 50.3 Å². The van der Waals surface area contributed by atoms with E-state index in [9.17, 15) is 4.79 Å². The molecular formula is C14H11NO4. The second-order valence-corrected chi connectivity index (χ2v) is 3.93. The fourth-order valence-electron chi connectivity index (χ4n) is 1.91. The fourth-order valence-corrected chi connectivity index (χ4v) is 1.91. The summed E-state index contributed by atoms with van der Waals surface area (Å²) in [4.78, 5) is 12.0. The van der Waals surface area contributed by atoms with E-state index in [0.717, 1.165) is 5.39 Å². The van der Waals surface area contributed by atoms with Gasteiger partial charge in [0, 0.05) is 11.5 Å². The summed E-state index contributed by atoms with van der Waals surface area (Å²) in [5.74, 6) is 0.943. The standard InChI is InChI=1S/C14H11NO4/c1-2-17-12-5-3-4-9-8-10(11-6-7-15-19-11)14(16)18-13(9)12/h3-8H,2H2,1H3. The van der Waals surface area contributed by atoms with E-state index in [2.05, 4.69) is 5.16 Å². The SMILES string of the molecule is CCOc1cccc2cc(-c3ccno3)c(=O)oc12. The third-order valence-electron chi connectivity index (χ3n) is 2.73. The Morgan fingerprint density at radius 2 is 2.21 bits per heavy atom. The fraction of sp³-hybridized carbons (Fsp3) is 0.143. The number of hydrogen-bond donors (Lipinski definition) is 0. The van der Waals surface area contributed by atoms with Gasteiger partial charge in [-0.1, -0.05) is 17.3 Å². The minimum atomic E-state index is -0.476. The van der Waals surface area contributed by atoms with E-state index in [4.69, 9.17) is 13.7 Å². The number of aromatic nitrogens is 1. The molecule has 19 heavy (non-hydrogen) atoms. The summed E-state index contributed by atoms with van der Waals surface area (Å²) in [6, 6.07) is 8.79. The molecule has 0 aliphatic heterocycles. The first-order valence-corrected chi connectivity index (χ1v) is 5.90. The van der Waals surface area contributed by atoms with Gasteiger partial charge in [-0.15, -0.1) is 0 Å². The lowest BCUT2D eigenvalue weighted by Gasteiger charge is -2.06. The topological polar surface area (TPSA) is 65.5 Å². The monoisotopic (exact) mass is 257 g/mol. The summed E-state index contributed by atoms with van der Waals surface area (Å²) in [5.41, 5.74) is 0.313. The first-order valence-electron chi connectivity index (χ1n) is 5.90. The second kappa shape index (κ2) is 4.61. The Labute approximate surface area is 108 Å². The number of fused-ring (bicyclic) bond motifs is 1. The molecule has 0 spiro atoms. The van der Waals surface area contributed by atoms with Crippen LogP contribution in [0.5, 0.6) is 5.75 Å². The Morgan fingerprint density at radius 1 is 1.32 bits per heavy atom. The summed E-state index contributed by atoms with van der Waals surface area (Å²) in [5, 5.41) is 4.36. The molecule has 0 aliphatic rings. The predicted octanol–water partition coefficient (Wildman–Crippen LogP) is 2.85. The van der Waals surface area contributed by atoms with Crippen LogP contribution in [0.25, 0.3) is 22.3 Å². The van der Waals surface area contributed by atoms with Crippen LogP contribution in [-0.4, -0.2) is 11.8 Å². The molecule has 2 aromatic heterocycles. The van der Waals surface area contributed by atoms with E-state index >= 15 is 0 Å². The molecule has 1 aromatic carbocycles. The zero-order chi connectivity index (χ0) is 13.2. The van der Waals surface area contributed by atoms with E-state index in [0.29, 0.717) is 29.3 Å². The average Bonchev–Trinajstić information content (AvgIpc) is 2.93. The van der Waals surface area contributed by atoms with E-state index in [1.807, 2.05) is 19.1 Å². The zero-order valence-electron chi connectivity index (χ0n) is 10.3. The third kappa shape index (κ3) is 1.99. The van der Waals surface area contributed by atoms with Crippen molar-refractivity contribution < 1.29 is 13.7 Å². The quantitative estimate of drug-likeness (QED) is 0.675. The molecule has 0 amide bonds. The molecule has 3 aromatic rings. The minimum absolute atomic E-state index is 0.346. The maximum atomic E-state index is 12.0. The molecule has 3 rings (SSSR count). The number of ether oxygens (including phenoxy) is 1. The number of nitrogens with zero attached hydrogens (tertiary/aromatic N) is 1. The number of benzene rings is 1. The largest absolute Gasteiger partial charge is 0.490 e. The highest BCUT2D eigenvalue weighted by Crippen LogP contribution is 2.27. The summed E-state index contributed by atoms with van der Waals surface area (Å²) in [6.07, 6.45) is 1.48. The van der Waals surface area contributed by atoms with Crippen molar-refractivity contribution in [1.29, 1.82) is 0 Å². The van der Waals surface area contributed by atoms with Crippen molar-refractivity contribution in [3.63, 3.8) is 0 Å². The van der Waals surface area contributed by atoms with Crippen molar-refractivity contribution in [3.05, 3.63) is 46.9 Å². The summed E-state index contributed by atoms with van der Waals surface area (Å²) in [6.45, 7) is 2.38. The molecule has 0 fully saturated rings. The molecule has 0 saturated carbocycles. The zero-order valence-corrected chi connectivity index (χ0v) is 10.3. The number of hydrogen-bond acceptors (Lipinski definition) is 5. The van der Waals surface area contributed by atoms with Crippen molar-refractivity contribution in [2.45, 2.75) is 6.92 Å². The van der Waals surface area contributed by atoms with Crippen LogP contribution < -0.4 is 10.4 Å². The molecular weight excluding hydrogens is 246 g/mol. The van der Waals surface area contributed by atoms with Crippen LogP contribution in [0.2, 0.25) is 0 Å². The van der Waals surface area contributed by atoms with Gasteiger partial charge in [0.1, 0.15) is 5.56 Å². The van der Waals surface area contributed by atoms with E-state index in [1.165, 1.54) is 6.20 Å². The highest BCUT2D eigenvalue weighted by atomic mass is 16.5. The van der Waals surface area contributed by atoms with Crippen molar-refractivity contribution in [3.8, 4) is 17.1 Å². The number of para-hydroxylation sites is 1. The third-order valence-corrected chi connectivity index (χ3v) is 2.73. The lowest BCUT2D eigenvalue weighted by Crippen LogP contribution is -2.03. The van der Waals surface area contributed by atoms with Crippen molar-refractivity contribution in [2.75, 3.05) is 6.61 Å². The highest BCUT2D eigenvalue weighted by molar-refractivity contribution is 5.85. The molecule has 0 atom stereocenters. The Bertz CT molecular complexity index is 759. The maximum Gasteiger partial charge on any atom is 0.347 e. The highest BCUT2D eigenvalue weighted by Gasteiger charge is 2.13. The molecule has 96 valence electrons. The first kappa shape index (κ1) is 11.5. The molecule has 5 heteroatoms. The normalized spacial score (nSPS) is 10.8. The van der Waals surface area contributed by atoms with Crippen molar-refractivity contribution in [2.24, 2.45) is 0 Å². The number of rotatable bonds is 3. The van der Waals surface area contributed by atoms with Gasteiger partial charge < -0.3 is 13.7 Å². The van der Waals surface area contributed by atoms with Crippen LogP contribution in [0.3, 0.4) is 0 Å².